The van der Waals surface area contributed by atoms with Crippen LogP contribution in [0.2, 0.25) is 0 Å². The lowest BCUT2D eigenvalue weighted by molar-refractivity contribution is 0.631. The molecule has 0 aliphatic rings. The highest BCUT2D eigenvalue weighted by Gasteiger charge is 2.09. The van der Waals surface area contributed by atoms with Crippen LogP contribution >= 0.6 is 28.3 Å². The molecule has 1 atom stereocenters. The molecule has 1 rings (SSSR count). The van der Waals surface area contributed by atoms with Gasteiger partial charge < -0.3 is 5.73 Å². The molecule has 2 N–H and O–H groups in total. The van der Waals surface area contributed by atoms with E-state index in [1.165, 1.54) is 4.80 Å². The van der Waals surface area contributed by atoms with Crippen LogP contribution < -0.4 is 5.73 Å². The first-order valence-electron chi connectivity index (χ1n) is 2.93. The number of hydrogen-bond donors (Lipinski definition) is 1. The second-order valence-corrected chi connectivity index (χ2v) is 2.91. The molecule has 0 saturated carbocycles. The number of nitrogens with two attached hydrogens (primary N) is 1. The van der Waals surface area contributed by atoms with Crippen LogP contribution in [0.25, 0.3) is 0 Å². The zero-order valence-electron chi connectivity index (χ0n) is 6.28. The summed E-state index contributed by atoms with van der Waals surface area (Å²) >= 11 is 3.24. The number of rotatable bonds is 1. The van der Waals surface area contributed by atoms with Crippen LogP contribution in [0.15, 0.2) is 4.60 Å². The van der Waals surface area contributed by atoms with Gasteiger partial charge in [-0.05, 0) is 22.9 Å². The Kier molecular flexibility index (Phi) is 3.99. The van der Waals surface area contributed by atoms with Gasteiger partial charge in [0.2, 0.25) is 0 Å². The van der Waals surface area contributed by atoms with Crippen LogP contribution in [0.3, 0.4) is 0 Å². The number of aromatic nitrogens is 3. The summed E-state index contributed by atoms with van der Waals surface area (Å²) in [6, 6.07) is -0.0666. The minimum atomic E-state index is -0.0666. The van der Waals surface area contributed by atoms with E-state index in [1.807, 2.05) is 6.92 Å². The van der Waals surface area contributed by atoms with Gasteiger partial charge in [-0.1, -0.05) is 0 Å². The van der Waals surface area contributed by atoms with E-state index in [0.717, 1.165) is 10.3 Å². The number of nitrogens with zero attached hydrogens (tertiary/aromatic N) is 3. The van der Waals surface area contributed by atoms with Gasteiger partial charge >= 0.3 is 0 Å². The standard InChI is InChI=1S/C5H9BrN4.ClH/c1-3(7)4-5(6)9-10(2)8-4;/h3H,7H2,1-2H3;1H. The fraction of sp³-hybridized carbons (Fsp3) is 0.600. The Morgan fingerprint density at radius 2 is 2.09 bits per heavy atom. The molecule has 4 nitrogen and oxygen atoms in total. The minimum Gasteiger partial charge on any atom is -0.323 e. The molecule has 1 heterocycles. The summed E-state index contributed by atoms with van der Waals surface area (Å²) in [5.74, 6) is 0. The van der Waals surface area contributed by atoms with E-state index in [2.05, 4.69) is 26.1 Å². The van der Waals surface area contributed by atoms with Gasteiger partial charge in [0.05, 0.1) is 0 Å². The van der Waals surface area contributed by atoms with Crippen molar-refractivity contribution < 1.29 is 0 Å². The molecule has 0 saturated heterocycles. The molecule has 11 heavy (non-hydrogen) atoms. The number of aryl methyl sites for hydroxylation is 1. The quantitative estimate of drug-likeness (QED) is 0.799. The molecule has 0 spiro atoms. The number of hydrogen-bond acceptors (Lipinski definition) is 3. The molecule has 0 radical (unpaired) electrons. The third-order valence-corrected chi connectivity index (χ3v) is 1.69. The van der Waals surface area contributed by atoms with Crippen molar-refractivity contribution in [3.05, 3.63) is 10.3 Å². The third-order valence-electron chi connectivity index (χ3n) is 1.13. The van der Waals surface area contributed by atoms with Crippen molar-refractivity contribution in [1.29, 1.82) is 0 Å². The molecule has 0 bridgehead atoms. The van der Waals surface area contributed by atoms with E-state index in [9.17, 15) is 0 Å². The molecule has 64 valence electrons. The maximum Gasteiger partial charge on any atom is 0.153 e. The fourth-order valence-electron chi connectivity index (χ4n) is 0.677. The van der Waals surface area contributed by atoms with Crippen LogP contribution in [0.5, 0.6) is 0 Å². The Morgan fingerprint density at radius 1 is 1.55 bits per heavy atom. The summed E-state index contributed by atoms with van der Waals surface area (Å²) in [7, 11) is 1.76. The molecule has 0 aromatic carbocycles. The summed E-state index contributed by atoms with van der Waals surface area (Å²) in [5, 5.41) is 8.02. The van der Waals surface area contributed by atoms with E-state index < -0.39 is 0 Å². The Bertz CT molecular complexity index is 234. The molecule has 6 heteroatoms. The fourth-order valence-corrected chi connectivity index (χ4v) is 1.35. The monoisotopic (exact) mass is 240 g/mol. The van der Waals surface area contributed by atoms with Gasteiger partial charge in [-0.25, -0.2) is 0 Å². The Morgan fingerprint density at radius 3 is 2.27 bits per heavy atom. The summed E-state index contributed by atoms with van der Waals surface area (Å²) in [5.41, 5.74) is 6.38. The van der Waals surface area contributed by atoms with Crippen molar-refractivity contribution in [3.8, 4) is 0 Å². The SMILES string of the molecule is CC(N)c1nn(C)nc1Br.Cl. The molecule has 1 aromatic heterocycles. The second kappa shape index (κ2) is 4.04. The predicted octanol–water partition coefficient (Wildman–Crippen LogP) is 1.02. The Balaban J connectivity index is 0.000001000. The lowest BCUT2D eigenvalue weighted by Gasteiger charge is -1.96. The number of halogens is 2. The summed E-state index contributed by atoms with van der Waals surface area (Å²) < 4.78 is 0.727. The zero-order chi connectivity index (χ0) is 7.72. The second-order valence-electron chi connectivity index (χ2n) is 2.15. The normalized spacial score (nSPS) is 12.4. The molecule has 0 fully saturated rings. The smallest absolute Gasteiger partial charge is 0.153 e. The van der Waals surface area contributed by atoms with Gasteiger partial charge in [0.25, 0.3) is 0 Å². The van der Waals surface area contributed by atoms with Crippen LogP contribution in [0, 0.1) is 0 Å². The first-order valence-corrected chi connectivity index (χ1v) is 3.73. The van der Waals surface area contributed by atoms with E-state index in [0.29, 0.717) is 0 Å². The summed E-state index contributed by atoms with van der Waals surface area (Å²) in [6.07, 6.45) is 0. The highest BCUT2D eigenvalue weighted by molar-refractivity contribution is 9.10. The van der Waals surface area contributed by atoms with Crippen molar-refractivity contribution in [3.63, 3.8) is 0 Å². The van der Waals surface area contributed by atoms with E-state index in [1.54, 1.807) is 7.05 Å². The summed E-state index contributed by atoms with van der Waals surface area (Å²) in [4.78, 5) is 1.49. The molecular formula is C5H10BrClN4. The maximum absolute atomic E-state index is 5.58. The van der Waals surface area contributed by atoms with E-state index >= 15 is 0 Å². The van der Waals surface area contributed by atoms with Crippen molar-refractivity contribution in [2.45, 2.75) is 13.0 Å². The average Bonchev–Trinajstić information content (AvgIpc) is 2.10. The van der Waals surface area contributed by atoms with E-state index in [4.69, 9.17) is 5.73 Å². The van der Waals surface area contributed by atoms with Gasteiger partial charge in [0.15, 0.2) is 4.60 Å². The van der Waals surface area contributed by atoms with Crippen LogP contribution in [-0.4, -0.2) is 15.0 Å². The van der Waals surface area contributed by atoms with Crippen LogP contribution in [0.4, 0.5) is 0 Å². The molecule has 0 aliphatic heterocycles. The third kappa shape index (κ3) is 2.43. The van der Waals surface area contributed by atoms with Crippen LogP contribution in [0.1, 0.15) is 18.7 Å². The lowest BCUT2D eigenvalue weighted by Crippen LogP contribution is -2.06. The van der Waals surface area contributed by atoms with Gasteiger partial charge in [0.1, 0.15) is 5.69 Å². The van der Waals surface area contributed by atoms with Crippen molar-refractivity contribution in [2.75, 3.05) is 0 Å². The molecule has 0 aliphatic carbocycles. The minimum absolute atomic E-state index is 0. The Hall–Kier alpha value is -0.130. The first-order chi connectivity index (χ1) is 4.61. The van der Waals surface area contributed by atoms with Gasteiger partial charge in [-0.2, -0.15) is 9.90 Å². The van der Waals surface area contributed by atoms with Crippen LogP contribution in [-0.2, 0) is 7.05 Å². The Labute approximate surface area is 79.7 Å². The average molecular weight is 242 g/mol. The molecule has 1 unspecified atom stereocenters. The molecule has 1 aromatic rings. The highest BCUT2D eigenvalue weighted by Crippen LogP contribution is 2.15. The zero-order valence-corrected chi connectivity index (χ0v) is 8.69. The van der Waals surface area contributed by atoms with Gasteiger partial charge in [-0.3, -0.25) is 0 Å². The van der Waals surface area contributed by atoms with Crippen molar-refractivity contribution in [1.82, 2.24) is 15.0 Å². The summed E-state index contributed by atoms with van der Waals surface area (Å²) in [6.45, 7) is 1.87. The maximum atomic E-state index is 5.58. The first kappa shape index (κ1) is 10.9. The van der Waals surface area contributed by atoms with Gasteiger partial charge in [-0.15, -0.1) is 17.5 Å². The predicted molar refractivity (Wildman–Crippen MR) is 48.6 cm³/mol. The topological polar surface area (TPSA) is 56.7 Å². The van der Waals surface area contributed by atoms with E-state index in [-0.39, 0.29) is 18.4 Å². The molecule has 0 amide bonds. The lowest BCUT2D eigenvalue weighted by atomic mass is 10.3. The van der Waals surface area contributed by atoms with Crippen molar-refractivity contribution in [2.24, 2.45) is 12.8 Å². The van der Waals surface area contributed by atoms with Gasteiger partial charge in [0, 0.05) is 13.1 Å². The molecular weight excluding hydrogens is 231 g/mol. The largest absolute Gasteiger partial charge is 0.323 e. The van der Waals surface area contributed by atoms with Crippen molar-refractivity contribution >= 4 is 28.3 Å². The highest BCUT2D eigenvalue weighted by atomic mass is 79.9.